The van der Waals surface area contributed by atoms with Gasteiger partial charge in [0, 0.05) is 5.38 Å². The quantitative estimate of drug-likeness (QED) is 0.911. The summed E-state index contributed by atoms with van der Waals surface area (Å²) in [6.45, 7) is 2.17. The summed E-state index contributed by atoms with van der Waals surface area (Å²) >= 11 is 1.48. The van der Waals surface area contributed by atoms with Crippen molar-refractivity contribution in [1.82, 2.24) is 9.97 Å². The number of hydrogen-bond acceptors (Lipinski definition) is 5. The predicted molar refractivity (Wildman–Crippen MR) is 67.8 cm³/mol. The summed E-state index contributed by atoms with van der Waals surface area (Å²) in [5.41, 5.74) is 5.74. The molecule has 0 spiro atoms. The van der Waals surface area contributed by atoms with Gasteiger partial charge < -0.3 is 11.1 Å². The molecule has 2 heterocycles. The molecule has 3 N–H and O–H groups in total. The van der Waals surface area contributed by atoms with E-state index in [2.05, 4.69) is 15.3 Å². The molecule has 102 valence electrons. The van der Waals surface area contributed by atoms with Crippen LogP contribution in [-0.2, 0) is 12.7 Å². The Hall–Kier alpha value is -1.83. The molecule has 0 unspecified atom stereocenters. The van der Waals surface area contributed by atoms with E-state index < -0.39 is 11.9 Å². The van der Waals surface area contributed by atoms with Crippen LogP contribution >= 0.6 is 11.3 Å². The van der Waals surface area contributed by atoms with Crippen LogP contribution in [0, 0.1) is 6.92 Å². The maximum atomic E-state index is 12.5. The second-order valence-corrected chi connectivity index (χ2v) is 4.93. The molecule has 2 rings (SSSR count). The molecule has 2 aromatic heterocycles. The maximum absolute atomic E-state index is 12.5. The molecule has 0 saturated carbocycles. The number of nitrogens with one attached hydrogen (secondary N) is 1. The molecule has 0 fully saturated rings. The van der Waals surface area contributed by atoms with Crippen molar-refractivity contribution < 1.29 is 13.2 Å². The molecule has 0 aromatic carbocycles. The summed E-state index contributed by atoms with van der Waals surface area (Å²) in [6, 6.07) is 0.897. The Morgan fingerprint density at radius 3 is 2.74 bits per heavy atom. The van der Waals surface area contributed by atoms with E-state index in [9.17, 15) is 13.2 Å². The van der Waals surface area contributed by atoms with Gasteiger partial charge in [0.05, 0.1) is 34.8 Å². The summed E-state index contributed by atoms with van der Waals surface area (Å²) < 4.78 is 37.6. The number of alkyl halides is 3. The van der Waals surface area contributed by atoms with Gasteiger partial charge >= 0.3 is 6.18 Å². The Morgan fingerprint density at radius 2 is 2.16 bits per heavy atom. The standard InChI is InChI=1S/C11H11F3N4S/c1-6-18-7(5-19-6)3-16-9-2-10(11(12,13)14)17-4-8(9)15/h2,4-5H,3,15H2,1H3,(H,16,17). The number of aromatic nitrogens is 2. The van der Waals surface area contributed by atoms with Gasteiger partial charge in [-0.2, -0.15) is 13.2 Å². The molecular weight excluding hydrogens is 277 g/mol. The smallest absolute Gasteiger partial charge is 0.396 e. The number of nitrogens with two attached hydrogens (primary N) is 1. The Kier molecular flexibility index (Phi) is 3.61. The van der Waals surface area contributed by atoms with Crippen LogP contribution in [0.1, 0.15) is 16.4 Å². The number of nitrogens with zero attached hydrogens (tertiary/aromatic N) is 2. The monoisotopic (exact) mass is 288 g/mol. The largest absolute Gasteiger partial charge is 0.433 e. The van der Waals surface area contributed by atoms with Crippen LogP contribution in [-0.4, -0.2) is 9.97 Å². The summed E-state index contributed by atoms with van der Waals surface area (Å²) in [4.78, 5) is 7.47. The van der Waals surface area contributed by atoms with E-state index in [1.807, 2.05) is 12.3 Å². The molecule has 2 aromatic rings. The summed E-state index contributed by atoms with van der Waals surface area (Å²) in [5, 5.41) is 5.57. The van der Waals surface area contributed by atoms with E-state index in [1.165, 1.54) is 11.3 Å². The zero-order chi connectivity index (χ0) is 14.0. The van der Waals surface area contributed by atoms with Crippen LogP contribution in [0.2, 0.25) is 0 Å². The molecule has 0 bridgehead atoms. The van der Waals surface area contributed by atoms with Gasteiger partial charge in [-0.3, -0.25) is 0 Å². The zero-order valence-corrected chi connectivity index (χ0v) is 10.8. The van der Waals surface area contributed by atoms with Gasteiger partial charge in [0.15, 0.2) is 0 Å². The molecule has 0 aliphatic carbocycles. The minimum Gasteiger partial charge on any atom is -0.396 e. The lowest BCUT2D eigenvalue weighted by Crippen LogP contribution is -2.11. The molecule has 0 saturated heterocycles. The van der Waals surface area contributed by atoms with Gasteiger partial charge in [-0.1, -0.05) is 0 Å². The van der Waals surface area contributed by atoms with Gasteiger partial charge in [0.1, 0.15) is 5.69 Å². The third kappa shape index (κ3) is 3.34. The summed E-state index contributed by atoms with van der Waals surface area (Å²) in [6.07, 6.45) is -3.49. The number of aryl methyl sites for hydroxylation is 1. The molecule has 19 heavy (non-hydrogen) atoms. The van der Waals surface area contributed by atoms with Gasteiger partial charge in [0.25, 0.3) is 0 Å². The number of rotatable bonds is 3. The first kappa shape index (κ1) is 13.6. The normalized spacial score (nSPS) is 11.6. The van der Waals surface area contributed by atoms with E-state index in [0.717, 1.165) is 23.0 Å². The fourth-order valence-electron chi connectivity index (χ4n) is 1.45. The molecular formula is C11H11F3N4S. The van der Waals surface area contributed by atoms with Gasteiger partial charge in [-0.05, 0) is 13.0 Å². The first-order valence-corrected chi connectivity index (χ1v) is 6.22. The van der Waals surface area contributed by atoms with Crippen LogP contribution in [0.4, 0.5) is 24.5 Å². The molecule has 0 atom stereocenters. The van der Waals surface area contributed by atoms with Crippen molar-refractivity contribution in [3.05, 3.63) is 34.0 Å². The van der Waals surface area contributed by atoms with Gasteiger partial charge in [-0.15, -0.1) is 11.3 Å². The van der Waals surface area contributed by atoms with Crippen LogP contribution in [0.5, 0.6) is 0 Å². The lowest BCUT2D eigenvalue weighted by Gasteiger charge is -2.11. The topological polar surface area (TPSA) is 63.8 Å². The van der Waals surface area contributed by atoms with Crippen molar-refractivity contribution in [3.8, 4) is 0 Å². The fraction of sp³-hybridized carbons (Fsp3) is 0.273. The maximum Gasteiger partial charge on any atom is 0.433 e. The minimum atomic E-state index is -4.48. The number of thiazole rings is 1. The van der Waals surface area contributed by atoms with Gasteiger partial charge in [-0.25, -0.2) is 9.97 Å². The van der Waals surface area contributed by atoms with Crippen LogP contribution in [0.3, 0.4) is 0 Å². The SMILES string of the molecule is Cc1nc(CNc2cc(C(F)(F)F)ncc2N)cs1. The van der Waals surface area contributed by atoms with Crippen molar-refractivity contribution in [1.29, 1.82) is 0 Å². The summed E-state index contributed by atoms with van der Waals surface area (Å²) in [5.74, 6) is 0. The van der Waals surface area contributed by atoms with E-state index >= 15 is 0 Å². The Bertz CT molecular complexity index is 580. The van der Waals surface area contributed by atoms with Crippen molar-refractivity contribution >= 4 is 22.7 Å². The van der Waals surface area contributed by atoms with Crippen molar-refractivity contribution in [2.45, 2.75) is 19.6 Å². The first-order valence-electron chi connectivity index (χ1n) is 5.34. The minimum absolute atomic E-state index is 0.167. The number of anilines is 2. The Balaban J connectivity index is 2.15. The van der Waals surface area contributed by atoms with Crippen LogP contribution < -0.4 is 11.1 Å². The lowest BCUT2D eigenvalue weighted by atomic mass is 10.2. The van der Waals surface area contributed by atoms with E-state index in [-0.39, 0.29) is 11.4 Å². The van der Waals surface area contributed by atoms with Crippen molar-refractivity contribution in [2.24, 2.45) is 0 Å². The number of pyridine rings is 1. The molecule has 0 amide bonds. The molecule has 0 radical (unpaired) electrons. The molecule has 0 aliphatic heterocycles. The van der Waals surface area contributed by atoms with E-state index in [4.69, 9.17) is 5.73 Å². The predicted octanol–water partition coefficient (Wildman–Crippen LogP) is 3.06. The van der Waals surface area contributed by atoms with Crippen molar-refractivity contribution in [3.63, 3.8) is 0 Å². The Morgan fingerprint density at radius 1 is 1.42 bits per heavy atom. The zero-order valence-electron chi connectivity index (χ0n) is 9.95. The van der Waals surface area contributed by atoms with Crippen LogP contribution in [0.15, 0.2) is 17.6 Å². The highest BCUT2D eigenvalue weighted by atomic mass is 32.1. The highest BCUT2D eigenvalue weighted by molar-refractivity contribution is 7.09. The lowest BCUT2D eigenvalue weighted by molar-refractivity contribution is -0.141. The average Bonchev–Trinajstić information content (AvgIpc) is 2.72. The highest BCUT2D eigenvalue weighted by Gasteiger charge is 2.32. The van der Waals surface area contributed by atoms with E-state index in [0.29, 0.717) is 6.54 Å². The number of halogens is 3. The summed E-state index contributed by atoms with van der Waals surface area (Å²) in [7, 11) is 0. The number of nitrogen functional groups attached to an aromatic ring is 1. The average molecular weight is 288 g/mol. The molecule has 8 heteroatoms. The highest BCUT2D eigenvalue weighted by Crippen LogP contribution is 2.31. The third-order valence-corrected chi connectivity index (χ3v) is 3.17. The molecule has 4 nitrogen and oxygen atoms in total. The second kappa shape index (κ2) is 5.04. The van der Waals surface area contributed by atoms with Crippen LogP contribution in [0.25, 0.3) is 0 Å². The number of hydrogen-bond donors (Lipinski definition) is 2. The van der Waals surface area contributed by atoms with Gasteiger partial charge in [0.2, 0.25) is 0 Å². The second-order valence-electron chi connectivity index (χ2n) is 3.87. The third-order valence-electron chi connectivity index (χ3n) is 2.35. The Labute approximate surface area is 111 Å². The van der Waals surface area contributed by atoms with E-state index in [1.54, 1.807) is 0 Å². The van der Waals surface area contributed by atoms with Crippen molar-refractivity contribution in [2.75, 3.05) is 11.1 Å². The first-order chi connectivity index (χ1) is 8.86. The fourth-order valence-corrected chi connectivity index (χ4v) is 2.06. The molecule has 0 aliphatic rings.